The molecule has 4 rings (SSSR count). The van der Waals surface area contributed by atoms with Crippen molar-refractivity contribution in [1.29, 1.82) is 0 Å². The molecule has 5 nitrogen and oxygen atoms in total. The summed E-state index contributed by atoms with van der Waals surface area (Å²) < 4.78 is 5.04. The van der Waals surface area contributed by atoms with Crippen molar-refractivity contribution in [3.8, 4) is 22.6 Å². The number of ether oxygens (including phenoxy) is 1. The number of phenols is 1. The van der Waals surface area contributed by atoms with Crippen molar-refractivity contribution in [3.63, 3.8) is 0 Å². The van der Waals surface area contributed by atoms with E-state index in [0.717, 1.165) is 16.0 Å². The average Bonchev–Trinajstić information content (AvgIpc) is 3.05. The number of halogens is 1. The molecule has 0 aliphatic heterocycles. The van der Waals surface area contributed by atoms with Crippen molar-refractivity contribution in [2.45, 2.75) is 6.92 Å². The van der Waals surface area contributed by atoms with Gasteiger partial charge in [-0.3, -0.25) is 4.79 Å². The number of methoxy groups -OCH3 is 1. The molecule has 0 spiro atoms. The van der Waals surface area contributed by atoms with E-state index < -0.39 is 0 Å². The number of H-pyrrole nitrogens is 1. The van der Waals surface area contributed by atoms with E-state index in [2.05, 4.69) is 9.97 Å². The predicted octanol–water partition coefficient (Wildman–Crippen LogP) is 5.41. The van der Waals surface area contributed by atoms with Gasteiger partial charge < -0.3 is 14.8 Å². The molecular weight excluding hydrogens is 408 g/mol. The zero-order chi connectivity index (χ0) is 20.5. The maximum absolute atomic E-state index is 12.9. The number of rotatable bonds is 4. The minimum Gasteiger partial charge on any atom is -0.504 e. The first kappa shape index (κ1) is 19.2. The van der Waals surface area contributed by atoms with Gasteiger partial charge in [0.1, 0.15) is 4.83 Å². The van der Waals surface area contributed by atoms with Crippen LogP contribution >= 0.6 is 22.9 Å². The molecule has 0 unspecified atom stereocenters. The summed E-state index contributed by atoms with van der Waals surface area (Å²) in [5, 5.41) is 10.8. The van der Waals surface area contributed by atoms with E-state index in [1.807, 2.05) is 37.3 Å². The number of nitrogens with zero attached hydrogens (tertiary/aromatic N) is 1. The second-order valence-electron chi connectivity index (χ2n) is 6.42. The number of nitrogens with one attached hydrogen (secondary N) is 1. The summed E-state index contributed by atoms with van der Waals surface area (Å²) in [7, 11) is 1.48. The fraction of sp³-hybridized carbons (Fsp3) is 0.0909. The molecule has 0 radical (unpaired) electrons. The molecule has 0 fully saturated rings. The zero-order valence-corrected chi connectivity index (χ0v) is 17.3. The maximum Gasteiger partial charge on any atom is 0.260 e. The average molecular weight is 425 g/mol. The number of aromatic hydroxyl groups is 1. The molecule has 2 aromatic carbocycles. The van der Waals surface area contributed by atoms with Gasteiger partial charge in [0, 0.05) is 10.4 Å². The van der Waals surface area contributed by atoms with Crippen LogP contribution in [0, 0.1) is 6.92 Å². The normalized spacial score (nSPS) is 11.8. The number of hydrogen-bond donors (Lipinski definition) is 2. The second kappa shape index (κ2) is 7.73. The number of aromatic nitrogens is 2. The van der Waals surface area contributed by atoms with Gasteiger partial charge in [-0.1, -0.05) is 48.0 Å². The summed E-state index contributed by atoms with van der Waals surface area (Å²) in [4.78, 5) is 21.9. The van der Waals surface area contributed by atoms with Gasteiger partial charge in [-0.15, -0.1) is 11.3 Å². The van der Waals surface area contributed by atoms with E-state index in [9.17, 15) is 9.90 Å². The number of fused-ring (bicyclic) bond motifs is 1. The topological polar surface area (TPSA) is 75.2 Å². The van der Waals surface area contributed by atoms with E-state index >= 15 is 0 Å². The molecule has 0 aliphatic carbocycles. The van der Waals surface area contributed by atoms with Crippen LogP contribution in [0.15, 0.2) is 53.3 Å². The van der Waals surface area contributed by atoms with Gasteiger partial charge in [-0.25, -0.2) is 4.98 Å². The van der Waals surface area contributed by atoms with Crippen molar-refractivity contribution in [2.24, 2.45) is 0 Å². The Morgan fingerprint density at radius 1 is 1.24 bits per heavy atom. The lowest BCUT2D eigenvalue weighted by molar-refractivity contribution is 0.373. The standard InChI is InChI=1S/C22H17ClN2O3S/c1-12-18(14-6-4-3-5-7-14)19-21(27)24-20(25-22(19)29-12)15(23)10-13-8-9-17(28-2)16(26)11-13/h3-11,26H,1-2H3,(H,24,25,27)/b15-10-. The highest BCUT2D eigenvalue weighted by Gasteiger charge is 2.17. The molecule has 2 heterocycles. The molecule has 2 N–H and O–H groups in total. The van der Waals surface area contributed by atoms with Crippen LogP contribution in [0.25, 0.3) is 32.5 Å². The number of aromatic amines is 1. The van der Waals surface area contributed by atoms with Crippen molar-refractivity contribution < 1.29 is 9.84 Å². The minimum atomic E-state index is -0.239. The van der Waals surface area contributed by atoms with Gasteiger partial charge in [0.2, 0.25) is 0 Å². The zero-order valence-electron chi connectivity index (χ0n) is 15.7. The molecule has 29 heavy (non-hydrogen) atoms. The third-order valence-corrected chi connectivity index (χ3v) is 5.81. The van der Waals surface area contributed by atoms with Crippen molar-refractivity contribution in [2.75, 3.05) is 7.11 Å². The largest absolute Gasteiger partial charge is 0.504 e. The first-order valence-corrected chi connectivity index (χ1v) is 10.0. The Bertz CT molecular complexity index is 1290. The van der Waals surface area contributed by atoms with E-state index in [1.165, 1.54) is 24.5 Å². The number of phenolic OH excluding ortho intramolecular Hbond substituents is 1. The van der Waals surface area contributed by atoms with Gasteiger partial charge >= 0.3 is 0 Å². The van der Waals surface area contributed by atoms with E-state index in [-0.39, 0.29) is 22.2 Å². The Kier molecular flexibility index (Phi) is 5.13. The lowest BCUT2D eigenvalue weighted by Crippen LogP contribution is -2.10. The summed E-state index contributed by atoms with van der Waals surface area (Å²) in [5.74, 6) is 0.651. The maximum atomic E-state index is 12.9. The summed E-state index contributed by atoms with van der Waals surface area (Å²) in [6.07, 6.45) is 1.63. The molecule has 146 valence electrons. The SMILES string of the molecule is COc1ccc(/C=C(\Cl)c2nc3sc(C)c(-c4ccccc4)c3c(=O)[nH]2)cc1O. The van der Waals surface area contributed by atoms with Crippen LogP contribution in [-0.4, -0.2) is 22.2 Å². The third-order valence-electron chi connectivity index (χ3n) is 4.52. The Hall–Kier alpha value is -3.09. The summed E-state index contributed by atoms with van der Waals surface area (Å²) in [6, 6.07) is 14.7. The Balaban J connectivity index is 1.80. The molecule has 0 atom stereocenters. The fourth-order valence-corrected chi connectivity index (χ4v) is 4.46. The Morgan fingerprint density at radius 3 is 2.69 bits per heavy atom. The lowest BCUT2D eigenvalue weighted by atomic mass is 10.0. The van der Waals surface area contributed by atoms with Crippen molar-refractivity contribution in [3.05, 3.63) is 75.1 Å². The van der Waals surface area contributed by atoms with Gasteiger partial charge in [-0.05, 0) is 36.3 Å². The van der Waals surface area contributed by atoms with Crippen LogP contribution in [0.4, 0.5) is 0 Å². The minimum absolute atomic E-state index is 0.00371. The molecule has 0 saturated heterocycles. The molecule has 0 aliphatic rings. The van der Waals surface area contributed by atoms with E-state index in [0.29, 0.717) is 21.5 Å². The van der Waals surface area contributed by atoms with Crippen LogP contribution < -0.4 is 10.3 Å². The first-order chi connectivity index (χ1) is 14.0. The molecule has 0 saturated carbocycles. The number of aryl methyl sites for hydroxylation is 1. The van der Waals surface area contributed by atoms with Crippen LogP contribution in [0.1, 0.15) is 16.3 Å². The predicted molar refractivity (Wildman–Crippen MR) is 119 cm³/mol. The summed E-state index contributed by atoms with van der Waals surface area (Å²) in [5.41, 5.74) is 2.29. The summed E-state index contributed by atoms with van der Waals surface area (Å²) in [6.45, 7) is 1.98. The van der Waals surface area contributed by atoms with Gasteiger partial charge in [-0.2, -0.15) is 0 Å². The Morgan fingerprint density at radius 2 is 2.00 bits per heavy atom. The number of benzene rings is 2. The van der Waals surface area contributed by atoms with Gasteiger partial charge in [0.15, 0.2) is 17.3 Å². The van der Waals surface area contributed by atoms with Gasteiger partial charge in [0.05, 0.1) is 17.5 Å². The van der Waals surface area contributed by atoms with Crippen LogP contribution in [-0.2, 0) is 0 Å². The molecule has 4 aromatic rings. The van der Waals surface area contributed by atoms with Gasteiger partial charge in [0.25, 0.3) is 5.56 Å². The fourth-order valence-electron chi connectivity index (χ4n) is 3.20. The highest BCUT2D eigenvalue weighted by atomic mass is 35.5. The van der Waals surface area contributed by atoms with Crippen molar-refractivity contribution in [1.82, 2.24) is 9.97 Å². The van der Waals surface area contributed by atoms with Crippen LogP contribution in [0.3, 0.4) is 0 Å². The number of hydrogen-bond acceptors (Lipinski definition) is 5. The molecule has 2 aromatic heterocycles. The third kappa shape index (κ3) is 3.64. The van der Waals surface area contributed by atoms with Crippen molar-refractivity contribution >= 4 is 44.3 Å². The first-order valence-electron chi connectivity index (χ1n) is 8.81. The van der Waals surface area contributed by atoms with Crippen LogP contribution in [0.2, 0.25) is 0 Å². The molecule has 0 bridgehead atoms. The highest BCUT2D eigenvalue weighted by Crippen LogP contribution is 2.36. The van der Waals surface area contributed by atoms with Crippen LogP contribution in [0.5, 0.6) is 11.5 Å². The van der Waals surface area contributed by atoms with E-state index in [1.54, 1.807) is 18.2 Å². The molecule has 7 heteroatoms. The smallest absolute Gasteiger partial charge is 0.260 e. The van der Waals surface area contributed by atoms with E-state index in [4.69, 9.17) is 16.3 Å². The molecule has 0 amide bonds. The monoisotopic (exact) mass is 424 g/mol. The lowest BCUT2D eigenvalue weighted by Gasteiger charge is -2.05. The number of thiophene rings is 1. The second-order valence-corrected chi connectivity index (χ2v) is 8.03. The quantitative estimate of drug-likeness (QED) is 0.459. The summed E-state index contributed by atoms with van der Waals surface area (Å²) >= 11 is 7.88. The molecular formula is C22H17ClN2O3S. The highest BCUT2D eigenvalue weighted by molar-refractivity contribution is 7.19. The Labute approximate surface area is 175 Å².